The Morgan fingerprint density at radius 2 is 2.25 bits per heavy atom. The van der Waals surface area contributed by atoms with Crippen molar-refractivity contribution < 1.29 is 14.3 Å². The molecule has 4 nitrogen and oxygen atoms in total. The van der Waals surface area contributed by atoms with Gasteiger partial charge in [0.15, 0.2) is 12.4 Å². The van der Waals surface area contributed by atoms with E-state index in [4.69, 9.17) is 4.74 Å². The summed E-state index contributed by atoms with van der Waals surface area (Å²) in [6.07, 6.45) is 0. The lowest BCUT2D eigenvalue weighted by Crippen LogP contribution is -2.41. The summed E-state index contributed by atoms with van der Waals surface area (Å²) in [4.78, 5) is 26.3. The molecule has 0 N–H and O–H groups in total. The zero-order chi connectivity index (χ0) is 14.1. The summed E-state index contributed by atoms with van der Waals surface area (Å²) in [6, 6.07) is 9.00. The Hall–Kier alpha value is -1.66. The van der Waals surface area contributed by atoms with Crippen LogP contribution in [-0.4, -0.2) is 24.8 Å². The van der Waals surface area contributed by atoms with Gasteiger partial charge in [-0.1, -0.05) is 22.0 Å². The Balaban J connectivity index is 1.91. The Labute approximate surface area is 128 Å². The van der Waals surface area contributed by atoms with Crippen LogP contribution in [0, 0.1) is 0 Å². The molecule has 1 aromatic heterocycles. The number of Topliss-reactive ketones (excluding diaryl/α,β-unsaturated/α-hetero) is 1. The molecule has 0 fully saturated rings. The third kappa shape index (κ3) is 2.48. The Morgan fingerprint density at radius 3 is 3.00 bits per heavy atom. The lowest BCUT2D eigenvalue weighted by molar-refractivity contribution is -0.121. The third-order valence-electron chi connectivity index (χ3n) is 2.96. The summed E-state index contributed by atoms with van der Waals surface area (Å²) in [5.74, 6) is 0.341. The van der Waals surface area contributed by atoms with Crippen molar-refractivity contribution >= 4 is 44.6 Å². The number of rotatable bonds is 3. The first-order valence-corrected chi connectivity index (χ1v) is 7.62. The van der Waals surface area contributed by atoms with Gasteiger partial charge in [0.05, 0.1) is 17.1 Å². The topological polar surface area (TPSA) is 46.6 Å². The molecule has 1 aliphatic heterocycles. The number of hydrogen-bond acceptors (Lipinski definition) is 4. The van der Waals surface area contributed by atoms with Gasteiger partial charge in [0, 0.05) is 4.47 Å². The van der Waals surface area contributed by atoms with Crippen molar-refractivity contribution in [2.75, 3.05) is 18.1 Å². The SMILES string of the molecule is O=C(CN1C(=O)COc2ccc(Br)cc21)c1cccs1. The molecule has 2 aromatic rings. The van der Waals surface area contributed by atoms with Crippen LogP contribution in [0.25, 0.3) is 0 Å². The van der Waals surface area contributed by atoms with Crippen LogP contribution in [0.3, 0.4) is 0 Å². The number of halogens is 1. The van der Waals surface area contributed by atoms with E-state index in [9.17, 15) is 9.59 Å². The van der Waals surface area contributed by atoms with E-state index in [2.05, 4.69) is 15.9 Å². The number of benzene rings is 1. The normalized spacial score (nSPS) is 13.8. The Kier molecular flexibility index (Phi) is 3.58. The van der Waals surface area contributed by atoms with Crippen LogP contribution in [0.5, 0.6) is 5.75 Å². The largest absolute Gasteiger partial charge is 0.482 e. The maximum Gasteiger partial charge on any atom is 0.265 e. The first kappa shape index (κ1) is 13.3. The molecule has 0 saturated heterocycles. The lowest BCUT2D eigenvalue weighted by atomic mass is 10.2. The molecule has 0 radical (unpaired) electrons. The number of ketones is 1. The van der Waals surface area contributed by atoms with Gasteiger partial charge >= 0.3 is 0 Å². The fourth-order valence-electron chi connectivity index (χ4n) is 2.01. The van der Waals surface area contributed by atoms with Crippen molar-refractivity contribution in [1.29, 1.82) is 0 Å². The molecule has 3 rings (SSSR count). The molecular formula is C14H10BrNO3S. The number of hydrogen-bond donors (Lipinski definition) is 0. The highest BCUT2D eigenvalue weighted by molar-refractivity contribution is 9.10. The maximum absolute atomic E-state index is 12.2. The molecule has 0 spiro atoms. The molecule has 0 atom stereocenters. The first-order valence-electron chi connectivity index (χ1n) is 5.94. The summed E-state index contributed by atoms with van der Waals surface area (Å²) in [5, 5.41) is 1.85. The number of amides is 1. The van der Waals surface area contributed by atoms with Gasteiger partial charge in [0.1, 0.15) is 5.75 Å². The van der Waals surface area contributed by atoms with Crippen LogP contribution in [0.4, 0.5) is 5.69 Å². The quantitative estimate of drug-likeness (QED) is 0.798. The Bertz CT molecular complexity index is 669. The molecule has 0 saturated carbocycles. The second-order valence-corrected chi connectivity index (χ2v) is 6.14. The highest BCUT2D eigenvalue weighted by Gasteiger charge is 2.27. The molecule has 1 aromatic carbocycles. The van der Waals surface area contributed by atoms with E-state index in [1.165, 1.54) is 16.2 Å². The summed E-state index contributed by atoms with van der Waals surface area (Å²) in [7, 11) is 0. The van der Waals surface area contributed by atoms with Gasteiger partial charge in [0.25, 0.3) is 5.91 Å². The van der Waals surface area contributed by atoms with Crippen LogP contribution in [-0.2, 0) is 4.79 Å². The number of thiophene rings is 1. The zero-order valence-electron chi connectivity index (χ0n) is 10.3. The first-order chi connectivity index (χ1) is 9.65. The summed E-state index contributed by atoms with van der Waals surface area (Å²) < 4.78 is 6.21. The van der Waals surface area contributed by atoms with E-state index < -0.39 is 0 Å². The third-order valence-corrected chi connectivity index (χ3v) is 4.37. The number of ether oxygens (including phenoxy) is 1. The standard InChI is InChI=1S/C14H10BrNO3S/c15-9-3-4-12-10(6-9)16(14(18)8-19-12)7-11(17)13-2-1-5-20-13/h1-6H,7-8H2. The minimum Gasteiger partial charge on any atom is -0.482 e. The lowest BCUT2D eigenvalue weighted by Gasteiger charge is -2.28. The summed E-state index contributed by atoms with van der Waals surface area (Å²) >= 11 is 4.74. The van der Waals surface area contributed by atoms with E-state index in [-0.39, 0.29) is 24.8 Å². The van der Waals surface area contributed by atoms with Gasteiger partial charge in [-0.05, 0) is 29.6 Å². The van der Waals surface area contributed by atoms with Gasteiger partial charge in [-0.15, -0.1) is 11.3 Å². The monoisotopic (exact) mass is 351 g/mol. The molecule has 0 aliphatic carbocycles. The van der Waals surface area contributed by atoms with Crippen LogP contribution in [0.1, 0.15) is 9.67 Å². The molecule has 20 heavy (non-hydrogen) atoms. The number of nitrogens with zero attached hydrogens (tertiary/aromatic N) is 1. The second kappa shape index (κ2) is 5.38. The van der Waals surface area contributed by atoms with Gasteiger partial charge in [0.2, 0.25) is 0 Å². The average molecular weight is 352 g/mol. The Morgan fingerprint density at radius 1 is 1.40 bits per heavy atom. The second-order valence-electron chi connectivity index (χ2n) is 4.28. The predicted octanol–water partition coefficient (Wildman–Crippen LogP) is 3.12. The molecule has 1 aliphatic rings. The van der Waals surface area contributed by atoms with E-state index >= 15 is 0 Å². The highest BCUT2D eigenvalue weighted by Crippen LogP contribution is 2.34. The van der Waals surface area contributed by atoms with Crippen LogP contribution < -0.4 is 9.64 Å². The number of carbonyl (C=O) groups is 2. The van der Waals surface area contributed by atoms with Gasteiger partial charge in [-0.3, -0.25) is 14.5 Å². The number of carbonyl (C=O) groups excluding carboxylic acids is 2. The minimum atomic E-state index is -0.208. The highest BCUT2D eigenvalue weighted by atomic mass is 79.9. The molecule has 1 amide bonds. The van der Waals surface area contributed by atoms with Crippen LogP contribution >= 0.6 is 27.3 Å². The number of fused-ring (bicyclic) bond motifs is 1. The zero-order valence-corrected chi connectivity index (χ0v) is 12.7. The fraction of sp³-hybridized carbons (Fsp3) is 0.143. The van der Waals surface area contributed by atoms with Gasteiger partial charge in [-0.2, -0.15) is 0 Å². The van der Waals surface area contributed by atoms with Crippen LogP contribution in [0.2, 0.25) is 0 Å². The number of anilines is 1. The van der Waals surface area contributed by atoms with E-state index in [1.807, 2.05) is 17.5 Å². The van der Waals surface area contributed by atoms with Crippen molar-refractivity contribution in [2.45, 2.75) is 0 Å². The molecule has 0 bridgehead atoms. The van der Waals surface area contributed by atoms with Crippen LogP contribution in [0.15, 0.2) is 40.2 Å². The smallest absolute Gasteiger partial charge is 0.265 e. The molecule has 0 unspecified atom stereocenters. The minimum absolute atomic E-state index is 0.0339. The maximum atomic E-state index is 12.2. The summed E-state index contributed by atoms with van der Waals surface area (Å²) in [5.41, 5.74) is 0.625. The van der Waals surface area contributed by atoms with Crippen molar-refractivity contribution in [1.82, 2.24) is 0 Å². The van der Waals surface area contributed by atoms with Crippen molar-refractivity contribution in [3.8, 4) is 5.75 Å². The van der Waals surface area contributed by atoms with E-state index in [1.54, 1.807) is 18.2 Å². The molecule has 102 valence electrons. The molecule has 6 heteroatoms. The van der Waals surface area contributed by atoms with Gasteiger partial charge in [-0.25, -0.2) is 0 Å². The fourth-order valence-corrected chi connectivity index (χ4v) is 3.01. The summed E-state index contributed by atoms with van der Waals surface area (Å²) in [6.45, 7) is -0.00148. The van der Waals surface area contributed by atoms with Crippen molar-refractivity contribution in [2.24, 2.45) is 0 Å². The van der Waals surface area contributed by atoms with Gasteiger partial charge < -0.3 is 4.74 Å². The van der Waals surface area contributed by atoms with E-state index in [0.29, 0.717) is 16.3 Å². The van der Waals surface area contributed by atoms with Crippen molar-refractivity contribution in [3.05, 3.63) is 45.1 Å². The predicted molar refractivity (Wildman–Crippen MR) is 80.6 cm³/mol. The van der Waals surface area contributed by atoms with E-state index in [0.717, 1.165) is 4.47 Å². The average Bonchev–Trinajstić information content (AvgIpc) is 2.96. The molecular weight excluding hydrogens is 342 g/mol. The van der Waals surface area contributed by atoms with Crippen molar-refractivity contribution in [3.63, 3.8) is 0 Å². The molecule has 2 heterocycles.